The predicted octanol–water partition coefficient (Wildman–Crippen LogP) is -7.79. The molecule has 0 aliphatic carbocycles. The van der Waals surface area contributed by atoms with Crippen LogP contribution in [-0.4, -0.2) is 164 Å². The van der Waals surface area contributed by atoms with E-state index in [0.29, 0.717) is 0 Å². The van der Waals surface area contributed by atoms with Crippen molar-refractivity contribution in [3.8, 4) is 0 Å². The lowest BCUT2D eigenvalue weighted by atomic mass is 9.94. The highest BCUT2D eigenvalue weighted by Gasteiger charge is 2.54. The van der Waals surface area contributed by atoms with E-state index in [1.165, 1.54) is 0 Å². The van der Waals surface area contributed by atoms with Crippen LogP contribution in [0.1, 0.15) is 13.8 Å². The van der Waals surface area contributed by atoms with Crippen molar-refractivity contribution in [1.82, 2.24) is 10.6 Å². The fourth-order valence-corrected chi connectivity index (χ4v) is 4.87. The molecule has 0 saturated carbocycles. The molecule has 3 aliphatic heterocycles. The molecule has 3 aliphatic rings. The monoisotopic (exact) mass is 599 g/mol. The number of aliphatic hydroxyl groups is 8. The number of hydrogen-bond acceptors (Lipinski definition) is 16. The van der Waals surface area contributed by atoms with E-state index < -0.39 is 123 Å². The molecule has 19 heteroatoms. The second-order valence-electron chi connectivity index (χ2n) is 9.91. The SMILES string of the molecule is CC(=O)N[C@H]1[C@H](O[C@@H]2[C@@H](O)[C@@H](O)[C@@H](C(N)=O)O[C@@H]2O)O[C@H](CO)[C@@H](O[C@@H]2O[C@H](CO)[C@@H](O)[C@H](O)[C@H]2NC(C)=O)[C@@H]1O. The standard InChI is InChI=1S/C22H37N3O16/c1-5(28)24-9-12(31)11(30)7(3-26)37-21(9)40-16-8(4-27)38-22(10(13(16)32)25-6(2)29)41-18-15(34)14(33)17(19(23)35)39-20(18)36/h7-18,20-22,26-27,30-34,36H,3-4H2,1-2H3,(H2,23,35)(H,24,28)(H,25,29)/t7-,8-,9-,10-,11-,12-,13-,14-,15+,16-,17+,18-,20+,21+,22+/m1/s1. The van der Waals surface area contributed by atoms with E-state index in [1.54, 1.807) is 0 Å². The Kier molecular flexibility index (Phi) is 11.3. The quantitative estimate of drug-likeness (QED) is 0.117. The molecule has 3 heterocycles. The number of carbonyl (C=O) groups is 3. The average Bonchev–Trinajstić information content (AvgIpc) is 2.90. The zero-order valence-electron chi connectivity index (χ0n) is 22.0. The lowest BCUT2D eigenvalue weighted by Gasteiger charge is -2.49. The minimum atomic E-state index is -2.04. The van der Waals surface area contributed by atoms with Gasteiger partial charge in [-0.15, -0.1) is 0 Å². The van der Waals surface area contributed by atoms with Crippen LogP contribution in [0.15, 0.2) is 0 Å². The molecule has 236 valence electrons. The number of primary amides is 1. The number of ether oxygens (including phenoxy) is 5. The number of hydrogen-bond donors (Lipinski definition) is 11. The fourth-order valence-electron chi connectivity index (χ4n) is 4.87. The van der Waals surface area contributed by atoms with Crippen LogP contribution in [0.3, 0.4) is 0 Å². The molecule has 0 bridgehead atoms. The maximum Gasteiger partial charge on any atom is 0.249 e. The molecule has 0 aromatic rings. The molecular formula is C22H37N3O16. The Morgan fingerprint density at radius 1 is 0.683 bits per heavy atom. The van der Waals surface area contributed by atoms with Crippen molar-refractivity contribution in [2.24, 2.45) is 5.73 Å². The summed E-state index contributed by atoms with van der Waals surface area (Å²) in [6.45, 7) is 0.559. The molecule has 41 heavy (non-hydrogen) atoms. The van der Waals surface area contributed by atoms with Gasteiger partial charge in [-0.25, -0.2) is 0 Å². The van der Waals surface area contributed by atoms with Crippen molar-refractivity contribution >= 4 is 17.7 Å². The van der Waals surface area contributed by atoms with Gasteiger partial charge in [-0.3, -0.25) is 14.4 Å². The molecule has 0 radical (unpaired) electrons. The summed E-state index contributed by atoms with van der Waals surface area (Å²) in [5, 5.41) is 87.2. The molecule has 3 rings (SSSR count). The summed E-state index contributed by atoms with van der Waals surface area (Å²) in [5.41, 5.74) is 5.09. The van der Waals surface area contributed by atoms with Crippen molar-refractivity contribution in [2.75, 3.05) is 13.2 Å². The Hall–Kier alpha value is -2.11. The van der Waals surface area contributed by atoms with Crippen LogP contribution in [0.5, 0.6) is 0 Å². The molecule has 3 fully saturated rings. The fraction of sp³-hybridized carbons (Fsp3) is 0.864. The first-order valence-corrected chi connectivity index (χ1v) is 12.6. The molecule has 15 atom stereocenters. The minimum Gasteiger partial charge on any atom is -0.394 e. The van der Waals surface area contributed by atoms with Gasteiger partial charge < -0.3 is 80.9 Å². The van der Waals surface area contributed by atoms with Gasteiger partial charge in [0.05, 0.1) is 13.2 Å². The predicted molar refractivity (Wildman–Crippen MR) is 127 cm³/mol. The van der Waals surface area contributed by atoms with E-state index in [2.05, 4.69) is 10.6 Å². The number of rotatable bonds is 9. The molecule has 12 N–H and O–H groups in total. The van der Waals surface area contributed by atoms with Gasteiger partial charge in [0.25, 0.3) is 0 Å². The number of aliphatic hydroxyl groups excluding tert-OH is 8. The second kappa shape index (κ2) is 13.9. The third-order valence-electron chi connectivity index (χ3n) is 6.90. The number of nitrogens with two attached hydrogens (primary N) is 1. The van der Waals surface area contributed by atoms with Crippen molar-refractivity contribution in [3.05, 3.63) is 0 Å². The smallest absolute Gasteiger partial charge is 0.249 e. The van der Waals surface area contributed by atoms with Crippen molar-refractivity contribution in [1.29, 1.82) is 0 Å². The lowest BCUT2D eigenvalue weighted by molar-refractivity contribution is -0.359. The number of nitrogens with one attached hydrogen (secondary N) is 2. The zero-order valence-corrected chi connectivity index (χ0v) is 22.0. The third-order valence-corrected chi connectivity index (χ3v) is 6.90. The van der Waals surface area contributed by atoms with E-state index in [1.807, 2.05) is 0 Å². The van der Waals surface area contributed by atoms with Crippen LogP contribution in [0.2, 0.25) is 0 Å². The third kappa shape index (κ3) is 7.28. The van der Waals surface area contributed by atoms with E-state index in [4.69, 9.17) is 29.4 Å². The molecule has 0 aromatic carbocycles. The highest BCUT2D eigenvalue weighted by molar-refractivity contribution is 5.79. The first-order chi connectivity index (χ1) is 19.2. The summed E-state index contributed by atoms with van der Waals surface area (Å²) >= 11 is 0. The highest BCUT2D eigenvalue weighted by Crippen LogP contribution is 2.32. The Morgan fingerprint density at radius 3 is 1.66 bits per heavy atom. The summed E-state index contributed by atoms with van der Waals surface area (Å²) in [6, 6.07) is -2.97. The van der Waals surface area contributed by atoms with Gasteiger partial charge in [0.1, 0.15) is 67.0 Å². The molecule has 0 unspecified atom stereocenters. The number of carbonyl (C=O) groups excluding carboxylic acids is 3. The first kappa shape index (κ1) is 33.4. The lowest BCUT2D eigenvalue weighted by Crippen LogP contribution is -2.70. The second-order valence-corrected chi connectivity index (χ2v) is 9.91. The number of amides is 3. The first-order valence-electron chi connectivity index (χ1n) is 12.6. The maximum atomic E-state index is 12.0. The van der Waals surface area contributed by atoms with E-state index in [9.17, 15) is 55.2 Å². The van der Waals surface area contributed by atoms with Crippen LogP contribution < -0.4 is 16.4 Å². The maximum absolute atomic E-state index is 12.0. The molecule has 0 spiro atoms. The van der Waals surface area contributed by atoms with Gasteiger partial charge in [0.2, 0.25) is 17.7 Å². The largest absolute Gasteiger partial charge is 0.394 e. The van der Waals surface area contributed by atoms with Crippen LogP contribution in [-0.2, 0) is 38.1 Å². The topological polar surface area (TPSA) is 309 Å². The zero-order chi connectivity index (χ0) is 30.8. The van der Waals surface area contributed by atoms with E-state index in [-0.39, 0.29) is 0 Å². The molecule has 19 nitrogen and oxygen atoms in total. The summed E-state index contributed by atoms with van der Waals surface area (Å²) < 4.78 is 27.4. The minimum absolute atomic E-state index is 0.655. The molecule has 3 amide bonds. The molecule has 0 aromatic heterocycles. The van der Waals surface area contributed by atoms with Gasteiger partial charge in [-0.05, 0) is 0 Å². The Morgan fingerprint density at radius 2 is 1.17 bits per heavy atom. The Bertz CT molecular complexity index is 929. The van der Waals surface area contributed by atoms with Gasteiger partial charge in [0.15, 0.2) is 25.0 Å². The van der Waals surface area contributed by atoms with Crippen molar-refractivity contribution < 1.29 is 78.9 Å². The summed E-state index contributed by atoms with van der Waals surface area (Å²) in [4.78, 5) is 35.2. The molecule has 3 saturated heterocycles. The normalized spacial score (nSPS) is 45.1. The average molecular weight is 600 g/mol. The summed E-state index contributed by atoms with van der Waals surface area (Å²) in [5.74, 6) is -2.55. The summed E-state index contributed by atoms with van der Waals surface area (Å²) in [7, 11) is 0. The van der Waals surface area contributed by atoms with Gasteiger partial charge in [-0.1, -0.05) is 0 Å². The van der Waals surface area contributed by atoms with Gasteiger partial charge in [-0.2, -0.15) is 0 Å². The highest BCUT2D eigenvalue weighted by atomic mass is 16.7. The van der Waals surface area contributed by atoms with Crippen molar-refractivity contribution in [2.45, 2.75) is 106 Å². The van der Waals surface area contributed by atoms with E-state index >= 15 is 0 Å². The van der Waals surface area contributed by atoms with E-state index in [0.717, 1.165) is 13.8 Å². The van der Waals surface area contributed by atoms with Crippen LogP contribution >= 0.6 is 0 Å². The van der Waals surface area contributed by atoms with Crippen LogP contribution in [0.4, 0.5) is 0 Å². The summed E-state index contributed by atoms with van der Waals surface area (Å²) in [6.07, 6.45) is -22.5. The van der Waals surface area contributed by atoms with Crippen LogP contribution in [0.25, 0.3) is 0 Å². The Labute approximate surface area is 232 Å². The van der Waals surface area contributed by atoms with Gasteiger partial charge >= 0.3 is 0 Å². The molecular weight excluding hydrogens is 562 g/mol. The van der Waals surface area contributed by atoms with Crippen LogP contribution in [0, 0.1) is 0 Å². The van der Waals surface area contributed by atoms with Gasteiger partial charge in [0, 0.05) is 13.8 Å². The van der Waals surface area contributed by atoms with Crippen molar-refractivity contribution in [3.63, 3.8) is 0 Å². The Balaban J connectivity index is 1.86.